The van der Waals surface area contributed by atoms with Crippen LogP contribution in [0.1, 0.15) is 43.6 Å². The minimum atomic E-state index is -0.291. The summed E-state index contributed by atoms with van der Waals surface area (Å²) < 4.78 is 0. The maximum Gasteiger partial charge on any atom is 0.237 e. The van der Waals surface area contributed by atoms with Crippen molar-refractivity contribution in [2.45, 2.75) is 33.1 Å². The van der Waals surface area contributed by atoms with Gasteiger partial charge in [-0.2, -0.15) is 15.6 Å². The molecule has 0 fully saturated rings. The molecule has 0 saturated heterocycles. The number of carbonyl (C=O) groups is 1. The Morgan fingerprint density at radius 3 is 2.30 bits per heavy atom. The van der Waals surface area contributed by atoms with Crippen LogP contribution in [0.25, 0.3) is 0 Å². The zero-order valence-corrected chi connectivity index (χ0v) is 12.0. The summed E-state index contributed by atoms with van der Waals surface area (Å²) in [7, 11) is 0. The Labute approximate surface area is 118 Å². The first kappa shape index (κ1) is 15.4. The normalized spacial score (nSPS) is 10.1. The van der Waals surface area contributed by atoms with Crippen LogP contribution in [0.2, 0.25) is 0 Å². The van der Waals surface area contributed by atoms with Gasteiger partial charge in [-0.1, -0.05) is 26.8 Å². The Balaban J connectivity index is 3.28. The molecule has 5 nitrogen and oxygen atoms in total. The Morgan fingerprint density at radius 2 is 1.85 bits per heavy atom. The van der Waals surface area contributed by atoms with Crippen LogP contribution in [0.15, 0.2) is 23.3 Å². The molecule has 102 valence electrons. The fourth-order valence-corrected chi connectivity index (χ4v) is 1.60. The van der Waals surface area contributed by atoms with Crippen LogP contribution in [0.5, 0.6) is 0 Å². The van der Waals surface area contributed by atoms with Crippen molar-refractivity contribution in [3.8, 4) is 12.1 Å². The van der Waals surface area contributed by atoms with E-state index in [4.69, 9.17) is 10.5 Å². The highest BCUT2D eigenvalue weighted by atomic mass is 16.1. The molecule has 0 aliphatic heterocycles. The van der Waals surface area contributed by atoms with Gasteiger partial charge in [0, 0.05) is 5.56 Å². The molecule has 0 atom stereocenters. The molecule has 0 aliphatic rings. The van der Waals surface area contributed by atoms with Crippen LogP contribution >= 0.6 is 0 Å². The first-order valence-corrected chi connectivity index (χ1v) is 6.09. The van der Waals surface area contributed by atoms with Crippen molar-refractivity contribution in [3.63, 3.8) is 0 Å². The Bertz CT molecular complexity index is 623. The number of benzene rings is 1. The molecule has 0 unspecified atom stereocenters. The van der Waals surface area contributed by atoms with E-state index < -0.39 is 0 Å². The maximum atomic E-state index is 11.6. The molecule has 0 spiro atoms. The van der Waals surface area contributed by atoms with Gasteiger partial charge in [-0.05, 0) is 30.0 Å². The molecule has 0 aromatic heterocycles. The van der Waals surface area contributed by atoms with Crippen LogP contribution in [0, 0.1) is 22.7 Å². The second-order valence-electron chi connectivity index (χ2n) is 5.36. The molecular weight excluding hydrogens is 252 g/mol. The van der Waals surface area contributed by atoms with Crippen molar-refractivity contribution in [1.29, 1.82) is 10.5 Å². The number of hydrogen-bond acceptors (Lipinski definition) is 5. The van der Waals surface area contributed by atoms with Crippen LogP contribution in [0.4, 0.5) is 5.69 Å². The highest BCUT2D eigenvalue weighted by Crippen LogP contribution is 2.27. The van der Waals surface area contributed by atoms with E-state index in [9.17, 15) is 4.79 Å². The van der Waals surface area contributed by atoms with Gasteiger partial charge in [-0.3, -0.25) is 10.2 Å². The van der Waals surface area contributed by atoms with E-state index in [1.54, 1.807) is 18.2 Å². The first-order chi connectivity index (χ1) is 9.29. The molecule has 1 aromatic carbocycles. The fourth-order valence-electron chi connectivity index (χ4n) is 1.60. The third-order valence-electron chi connectivity index (χ3n) is 2.76. The van der Waals surface area contributed by atoms with Gasteiger partial charge in [-0.15, -0.1) is 0 Å². The SMILES string of the molecule is CC(=O)c1ccc(C(C)(C)C)cc1NN=C(C#N)C#N. The van der Waals surface area contributed by atoms with Crippen molar-refractivity contribution in [2.75, 3.05) is 5.43 Å². The molecule has 5 heteroatoms. The molecule has 0 amide bonds. The summed E-state index contributed by atoms with van der Waals surface area (Å²) in [6, 6.07) is 8.74. The lowest BCUT2D eigenvalue weighted by Crippen LogP contribution is -2.12. The van der Waals surface area contributed by atoms with E-state index >= 15 is 0 Å². The average molecular weight is 268 g/mol. The summed E-state index contributed by atoms with van der Waals surface area (Å²) in [5.41, 5.74) is 4.25. The molecule has 0 bridgehead atoms. The summed E-state index contributed by atoms with van der Waals surface area (Å²) in [5, 5.41) is 21.0. The molecule has 0 radical (unpaired) electrons. The van der Waals surface area contributed by atoms with Gasteiger partial charge in [0.1, 0.15) is 12.1 Å². The van der Waals surface area contributed by atoms with Crippen LogP contribution in [-0.2, 0) is 5.41 Å². The summed E-state index contributed by atoms with van der Waals surface area (Å²) >= 11 is 0. The molecule has 0 aliphatic carbocycles. The second kappa shape index (κ2) is 5.99. The van der Waals surface area contributed by atoms with Gasteiger partial charge in [0.15, 0.2) is 5.78 Å². The van der Waals surface area contributed by atoms with E-state index in [2.05, 4.69) is 31.3 Å². The summed E-state index contributed by atoms with van der Waals surface area (Å²) in [6.45, 7) is 7.62. The number of ketones is 1. The molecule has 20 heavy (non-hydrogen) atoms. The number of nitrogens with zero attached hydrogens (tertiary/aromatic N) is 3. The third kappa shape index (κ3) is 3.66. The topological polar surface area (TPSA) is 89.0 Å². The summed E-state index contributed by atoms with van der Waals surface area (Å²) in [5.74, 6) is -0.112. The van der Waals surface area contributed by atoms with E-state index in [1.165, 1.54) is 6.92 Å². The maximum absolute atomic E-state index is 11.6. The minimum Gasteiger partial charge on any atom is -0.294 e. The highest BCUT2D eigenvalue weighted by molar-refractivity contribution is 6.10. The number of hydrazone groups is 1. The van der Waals surface area contributed by atoms with Crippen molar-refractivity contribution in [1.82, 2.24) is 0 Å². The van der Waals surface area contributed by atoms with Gasteiger partial charge in [0.05, 0.1) is 5.69 Å². The Morgan fingerprint density at radius 1 is 1.25 bits per heavy atom. The predicted molar refractivity (Wildman–Crippen MR) is 77.4 cm³/mol. The average Bonchev–Trinajstić information content (AvgIpc) is 2.38. The van der Waals surface area contributed by atoms with Crippen LogP contribution in [-0.4, -0.2) is 11.5 Å². The smallest absolute Gasteiger partial charge is 0.237 e. The van der Waals surface area contributed by atoms with Gasteiger partial charge in [-0.25, -0.2) is 0 Å². The summed E-state index contributed by atoms with van der Waals surface area (Å²) in [6.07, 6.45) is 0. The minimum absolute atomic E-state index is 0.0806. The van der Waals surface area contributed by atoms with Gasteiger partial charge in [0.2, 0.25) is 5.71 Å². The number of nitrogens with one attached hydrogen (secondary N) is 1. The molecule has 0 saturated carbocycles. The monoisotopic (exact) mass is 268 g/mol. The third-order valence-corrected chi connectivity index (χ3v) is 2.76. The van der Waals surface area contributed by atoms with Gasteiger partial charge < -0.3 is 0 Å². The van der Waals surface area contributed by atoms with Crippen molar-refractivity contribution < 1.29 is 4.79 Å². The Kier molecular flexibility index (Phi) is 4.61. The number of hydrogen-bond donors (Lipinski definition) is 1. The van der Waals surface area contributed by atoms with E-state index in [0.717, 1.165) is 5.56 Å². The highest BCUT2D eigenvalue weighted by Gasteiger charge is 2.16. The summed E-state index contributed by atoms with van der Waals surface area (Å²) in [4.78, 5) is 11.6. The lowest BCUT2D eigenvalue weighted by atomic mass is 9.86. The molecule has 1 aromatic rings. The lowest BCUT2D eigenvalue weighted by Gasteiger charge is -2.20. The van der Waals surface area contributed by atoms with Crippen LogP contribution in [0.3, 0.4) is 0 Å². The molecule has 1 rings (SSSR count). The number of nitriles is 2. The second-order valence-corrected chi connectivity index (χ2v) is 5.36. The van der Waals surface area contributed by atoms with E-state index in [0.29, 0.717) is 11.3 Å². The van der Waals surface area contributed by atoms with Crippen molar-refractivity contribution in [2.24, 2.45) is 5.10 Å². The first-order valence-electron chi connectivity index (χ1n) is 6.09. The van der Waals surface area contributed by atoms with Crippen molar-refractivity contribution in [3.05, 3.63) is 29.3 Å². The predicted octanol–water partition coefficient (Wildman–Crippen LogP) is 3.00. The number of carbonyl (C=O) groups excluding carboxylic acids is 1. The molecule has 1 N–H and O–H groups in total. The quantitative estimate of drug-likeness (QED) is 0.518. The lowest BCUT2D eigenvalue weighted by molar-refractivity contribution is 0.101. The van der Waals surface area contributed by atoms with Crippen molar-refractivity contribution >= 4 is 17.2 Å². The largest absolute Gasteiger partial charge is 0.294 e. The zero-order valence-electron chi connectivity index (χ0n) is 12.0. The van der Waals surface area contributed by atoms with E-state index in [-0.39, 0.29) is 16.9 Å². The number of Topliss-reactive ketones (excluding diaryl/α,β-unsaturated/α-hetero) is 1. The molecular formula is C15H16N4O. The molecule has 0 heterocycles. The van der Waals surface area contributed by atoms with Gasteiger partial charge in [0.25, 0.3) is 0 Å². The zero-order chi connectivity index (χ0) is 15.3. The fraction of sp³-hybridized carbons (Fsp3) is 0.333. The van der Waals surface area contributed by atoms with Crippen LogP contribution < -0.4 is 5.43 Å². The number of rotatable bonds is 3. The van der Waals surface area contributed by atoms with Gasteiger partial charge >= 0.3 is 0 Å². The number of anilines is 1. The Hall–Kier alpha value is -2.66. The van der Waals surface area contributed by atoms with E-state index in [1.807, 2.05) is 12.1 Å². The standard InChI is InChI=1S/C15H16N4O/c1-10(20)13-6-5-11(15(2,3)4)7-14(13)19-18-12(8-16)9-17/h5-7,19H,1-4H3.